The maximum absolute atomic E-state index is 12.0. The molecule has 0 aliphatic carbocycles. The molecule has 1 fully saturated rings. The number of benzene rings is 1. The number of carbonyl (C=O) groups excluding carboxylic acids is 2. The van der Waals surface area contributed by atoms with Crippen LogP contribution < -0.4 is 10.6 Å². The van der Waals surface area contributed by atoms with Crippen LogP contribution in [0.2, 0.25) is 0 Å². The van der Waals surface area contributed by atoms with E-state index in [0.29, 0.717) is 11.3 Å². The standard InChI is InChI=1S/C11H9N3O3S/c12-10-14-8(15)7(18-10)11(17)5-3-1-2-4-6(5)13-9(11)16/h1-4,7,17H,(H,13,16)(H2,12,14,15). The summed E-state index contributed by atoms with van der Waals surface area (Å²) in [5, 5.41) is 21.7. The van der Waals surface area contributed by atoms with E-state index >= 15 is 0 Å². The van der Waals surface area contributed by atoms with Gasteiger partial charge in [-0.15, -0.1) is 0 Å². The summed E-state index contributed by atoms with van der Waals surface area (Å²) in [5.74, 6) is -1.16. The van der Waals surface area contributed by atoms with Gasteiger partial charge in [0.1, 0.15) is 5.25 Å². The zero-order valence-corrected chi connectivity index (χ0v) is 9.88. The minimum absolute atomic E-state index is 0.0596. The Labute approximate surface area is 106 Å². The number of nitrogens with one attached hydrogen (secondary N) is 3. The molecule has 0 radical (unpaired) electrons. The molecule has 4 N–H and O–H groups in total. The van der Waals surface area contributed by atoms with Gasteiger partial charge in [0.05, 0.1) is 0 Å². The van der Waals surface area contributed by atoms with Crippen molar-refractivity contribution < 1.29 is 14.7 Å². The molecule has 2 amide bonds. The van der Waals surface area contributed by atoms with Crippen molar-refractivity contribution in [2.75, 3.05) is 5.32 Å². The molecule has 1 saturated heterocycles. The number of aliphatic hydroxyl groups is 1. The molecule has 2 atom stereocenters. The van der Waals surface area contributed by atoms with Crippen molar-refractivity contribution in [1.29, 1.82) is 5.41 Å². The van der Waals surface area contributed by atoms with Crippen molar-refractivity contribution >= 4 is 34.4 Å². The van der Waals surface area contributed by atoms with Gasteiger partial charge in [0, 0.05) is 11.3 Å². The van der Waals surface area contributed by atoms with Crippen molar-refractivity contribution in [1.82, 2.24) is 5.32 Å². The highest BCUT2D eigenvalue weighted by molar-refractivity contribution is 8.15. The Bertz CT molecular complexity index is 589. The predicted molar refractivity (Wildman–Crippen MR) is 66.2 cm³/mol. The van der Waals surface area contributed by atoms with Crippen LogP contribution in [0.4, 0.5) is 5.69 Å². The van der Waals surface area contributed by atoms with Gasteiger partial charge in [0.25, 0.3) is 5.91 Å². The number of hydrogen-bond acceptors (Lipinski definition) is 5. The first-order chi connectivity index (χ1) is 8.53. The summed E-state index contributed by atoms with van der Waals surface area (Å²) in [5.41, 5.74) is -1.05. The molecule has 2 aliphatic heterocycles. The van der Waals surface area contributed by atoms with E-state index in [-0.39, 0.29) is 5.17 Å². The number of amides is 2. The molecule has 6 nitrogen and oxygen atoms in total. The highest BCUT2D eigenvalue weighted by atomic mass is 32.2. The van der Waals surface area contributed by atoms with Crippen molar-refractivity contribution in [3.63, 3.8) is 0 Å². The van der Waals surface area contributed by atoms with E-state index in [1.807, 2.05) is 0 Å². The Morgan fingerprint density at radius 1 is 1.28 bits per heavy atom. The average Bonchev–Trinajstić information content (AvgIpc) is 2.80. The molecule has 0 aromatic heterocycles. The lowest BCUT2D eigenvalue weighted by Gasteiger charge is -2.24. The molecule has 0 saturated carbocycles. The molecule has 3 rings (SSSR count). The van der Waals surface area contributed by atoms with E-state index in [2.05, 4.69) is 10.6 Å². The van der Waals surface area contributed by atoms with Gasteiger partial charge in [-0.05, 0) is 6.07 Å². The maximum atomic E-state index is 12.0. The number of para-hydroxylation sites is 1. The molecule has 0 spiro atoms. The molecule has 92 valence electrons. The fourth-order valence-electron chi connectivity index (χ4n) is 2.18. The second kappa shape index (κ2) is 3.56. The third-order valence-corrected chi connectivity index (χ3v) is 4.15. The van der Waals surface area contributed by atoms with Gasteiger partial charge in [-0.2, -0.15) is 0 Å². The minimum Gasteiger partial charge on any atom is -0.374 e. The van der Waals surface area contributed by atoms with E-state index in [9.17, 15) is 14.7 Å². The zero-order valence-electron chi connectivity index (χ0n) is 9.06. The lowest BCUT2D eigenvalue weighted by Crippen LogP contribution is -2.47. The van der Waals surface area contributed by atoms with Crippen molar-refractivity contribution in [3.8, 4) is 0 Å². The van der Waals surface area contributed by atoms with E-state index < -0.39 is 22.7 Å². The van der Waals surface area contributed by atoms with E-state index in [1.165, 1.54) is 0 Å². The quantitative estimate of drug-likeness (QED) is 0.572. The Morgan fingerprint density at radius 3 is 2.67 bits per heavy atom. The monoisotopic (exact) mass is 263 g/mol. The zero-order chi connectivity index (χ0) is 12.9. The summed E-state index contributed by atoms with van der Waals surface area (Å²) >= 11 is 0.849. The number of amidine groups is 1. The molecule has 2 unspecified atom stereocenters. The van der Waals surface area contributed by atoms with Crippen LogP contribution in [-0.2, 0) is 15.2 Å². The number of hydrogen-bond donors (Lipinski definition) is 4. The molecule has 1 aromatic rings. The number of rotatable bonds is 1. The topological polar surface area (TPSA) is 102 Å². The van der Waals surface area contributed by atoms with Gasteiger partial charge in [-0.25, -0.2) is 0 Å². The molecule has 0 bridgehead atoms. The van der Waals surface area contributed by atoms with Crippen LogP contribution in [0.3, 0.4) is 0 Å². The summed E-state index contributed by atoms with van der Waals surface area (Å²) in [4.78, 5) is 23.7. The third-order valence-electron chi connectivity index (χ3n) is 3.02. The van der Waals surface area contributed by atoms with Crippen molar-refractivity contribution in [3.05, 3.63) is 29.8 Å². The van der Waals surface area contributed by atoms with E-state index in [0.717, 1.165) is 11.8 Å². The summed E-state index contributed by atoms with van der Waals surface area (Å²) in [6.45, 7) is 0. The fourth-order valence-corrected chi connectivity index (χ4v) is 3.14. The van der Waals surface area contributed by atoms with Crippen LogP contribution in [0, 0.1) is 5.41 Å². The van der Waals surface area contributed by atoms with Crippen LogP contribution in [0.15, 0.2) is 24.3 Å². The van der Waals surface area contributed by atoms with Gasteiger partial charge in [0.15, 0.2) is 10.8 Å². The lowest BCUT2D eigenvalue weighted by molar-refractivity contribution is -0.138. The smallest absolute Gasteiger partial charge is 0.262 e. The lowest BCUT2D eigenvalue weighted by atomic mass is 9.91. The van der Waals surface area contributed by atoms with Crippen molar-refractivity contribution in [2.45, 2.75) is 10.9 Å². The summed E-state index contributed by atoms with van der Waals surface area (Å²) in [6, 6.07) is 6.68. The van der Waals surface area contributed by atoms with Crippen LogP contribution in [-0.4, -0.2) is 27.3 Å². The summed E-state index contributed by atoms with van der Waals surface area (Å²) in [6.07, 6.45) is 0. The van der Waals surface area contributed by atoms with Gasteiger partial charge < -0.3 is 15.7 Å². The second-order valence-corrected chi connectivity index (χ2v) is 5.20. The van der Waals surface area contributed by atoms with Gasteiger partial charge >= 0.3 is 0 Å². The van der Waals surface area contributed by atoms with Crippen LogP contribution in [0.5, 0.6) is 0 Å². The molecule has 2 aliphatic rings. The molecule has 7 heteroatoms. The SMILES string of the molecule is N=C1NC(=O)C(C2(O)C(=O)Nc3ccccc32)S1. The van der Waals surface area contributed by atoms with Crippen LogP contribution in [0.1, 0.15) is 5.56 Å². The highest BCUT2D eigenvalue weighted by Crippen LogP contribution is 2.43. The van der Waals surface area contributed by atoms with Crippen molar-refractivity contribution in [2.24, 2.45) is 0 Å². The molecule has 2 heterocycles. The van der Waals surface area contributed by atoms with Gasteiger partial charge in [-0.3, -0.25) is 15.0 Å². The predicted octanol–water partition coefficient (Wildman–Crippen LogP) is -0.00733. The molecule has 1 aromatic carbocycles. The summed E-state index contributed by atoms with van der Waals surface area (Å²) in [7, 11) is 0. The summed E-state index contributed by atoms with van der Waals surface area (Å²) < 4.78 is 0. The first-order valence-corrected chi connectivity index (χ1v) is 6.11. The van der Waals surface area contributed by atoms with Crippen LogP contribution >= 0.6 is 11.8 Å². The largest absolute Gasteiger partial charge is 0.374 e. The highest BCUT2D eigenvalue weighted by Gasteiger charge is 2.56. The molecular weight excluding hydrogens is 254 g/mol. The Balaban J connectivity index is 2.12. The fraction of sp³-hybridized carbons (Fsp3) is 0.182. The normalized spacial score (nSPS) is 30.1. The van der Waals surface area contributed by atoms with E-state index in [4.69, 9.17) is 5.41 Å². The number of carbonyl (C=O) groups is 2. The third kappa shape index (κ3) is 1.31. The van der Waals surface area contributed by atoms with E-state index in [1.54, 1.807) is 24.3 Å². The molecule has 18 heavy (non-hydrogen) atoms. The Morgan fingerprint density at radius 2 is 2.00 bits per heavy atom. The second-order valence-electron chi connectivity index (χ2n) is 4.08. The van der Waals surface area contributed by atoms with Gasteiger partial charge in [-0.1, -0.05) is 30.0 Å². The Kier molecular flexibility index (Phi) is 2.23. The number of anilines is 1. The molecular formula is C11H9N3O3S. The Hall–Kier alpha value is -1.86. The average molecular weight is 263 g/mol. The van der Waals surface area contributed by atoms with Crippen LogP contribution in [0.25, 0.3) is 0 Å². The van der Waals surface area contributed by atoms with Gasteiger partial charge in [0.2, 0.25) is 5.91 Å². The maximum Gasteiger partial charge on any atom is 0.262 e. The number of thioether (sulfide) groups is 1. The minimum atomic E-state index is -1.92. The number of fused-ring (bicyclic) bond motifs is 1. The first kappa shape index (κ1) is 11.2. The first-order valence-electron chi connectivity index (χ1n) is 5.23.